The largest absolute Gasteiger partial charge is 0.351 e. The molecule has 2 aromatic rings. The van der Waals surface area contributed by atoms with Crippen molar-refractivity contribution in [2.75, 3.05) is 6.54 Å². The molecule has 1 amide bonds. The number of hydrogen-bond donors (Lipinski definition) is 1. The monoisotopic (exact) mass is 288 g/mol. The van der Waals surface area contributed by atoms with Gasteiger partial charge in [-0.2, -0.15) is 0 Å². The van der Waals surface area contributed by atoms with E-state index in [4.69, 9.17) is 4.52 Å². The normalized spacial score (nSPS) is 18.1. The highest BCUT2D eigenvalue weighted by molar-refractivity contribution is 5.92. The maximum absolute atomic E-state index is 12.5. The second-order valence-electron chi connectivity index (χ2n) is 5.02. The summed E-state index contributed by atoms with van der Waals surface area (Å²) in [6.07, 6.45) is 3.87. The number of carbonyl (C=O) groups excluding carboxylic acids is 1. The van der Waals surface area contributed by atoms with Crippen LogP contribution in [0.3, 0.4) is 0 Å². The van der Waals surface area contributed by atoms with Crippen LogP contribution in [0, 0.1) is 0 Å². The van der Waals surface area contributed by atoms with Crippen LogP contribution in [0.5, 0.6) is 0 Å². The predicted octanol–water partition coefficient (Wildman–Crippen LogP) is 1.30. The summed E-state index contributed by atoms with van der Waals surface area (Å²) in [5.41, 5.74) is 1.06. The fourth-order valence-electron chi connectivity index (χ4n) is 2.63. The molecule has 3 rings (SSSR count). The van der Waals surface area contributed by atoms with Crippen LogP contribution in [0.4, 0.5) is 0 Å². The number of rotatable bonds is 3. The summed E-state index contributed by atoms with van der Waals surface area (Å²) in [4.78, 5) is 31.9. The van der Waals surface area contributed by atoms with Crippen molar-refractivity contribution in [1.29, 1.82) is 0 Å². The molecular formula is C14H16N4O3. The van der Waals surface area contributed by atoms with Gasteiger partial charge in [-0.25, -0.2) is 9.78 Å². The first-order valence-electron chi connectivity index (χ1n) is 7.01. The van der Waals surface area contributed by atoms with E-state index in [1.54, 1.807) is 17.0 Å². The molecule has 3 heterocycles. The summed E-state index contributed by atoms with van der Waals surface area (Å²) < 4.78 is 5.11. The van der Waals surface area contributed by atoms with Crippen molar-refractivity contribution in [3.63, 3.8) is 0 Å². The summed E-state index contributed by atoms with van der Waals surface area (Å²) in [6, 6.07) is 3.26. The van der Waals surface area contributed by atoms with Gasteiger partial charge in [-0.3, -0.25) is 4.79 Å². The number of likely N-dealkylation sites (tertiary alicyclic amines) is 1. The number of carbonyl (C=O) groups is 1. The van der Waals surface area contributed by atoms with E-state index in [2.05, 4.69) is 15.1 Å². The van der Waals surface area contributed by atoms with Crippen LogP contribution in [-0.2, 0) is 6.42 Å². The van der Waals surface area contributed by atoms with Crippen LogP contribution in [-0.4, -0.2) is 32.5 Å². The predicted molar refractivity (Wildman–Crippen MR) is 73.8 cm³/mol. The van der Waals surface area contributed by atoms with Gasteiger partial charge in [0.15, 0.2) is 0 Å². The molecule has 0 bridgehead atoms. The number of aromatic amines is 1. The quantitative estimate of drug-likeness (QED) is 0.919. The molecule has 21 heavy (non-hydrogen) atoms. The van der Waals surface area contributed by atoms with Crippen molar-refractivity contribution in [2.45, 2.75) is 32.2 Å². The molecule has 7 nitrogen and oxygen atoms in total. The number of nitrogens with zero attached hydrogens (tertiary/aromatic N) is 3. The van der Waals surface area contributed by atoms with Crippen molar-refractivity contribution in [1.82, 2.24) is 20.0 Å². The fourth-order valence-corrected chi connectivity index (χ4v) is 2.63. The Hall–Kier alpha value is -2.44. The molecule has 1 fully saturated rings. The molecule has 0 unspecified atom stereocenters. The smallest absolute Gasteiger partial charge is 0.345 e. The molecule has 0 radical (unpaired) electrons. The van der Waals surface area contributed by atoms with Gasteiger partial charge in [0.25, 0.3) is 5.91 Å². The van der Waals surface area contributed by atoms with E-state index in [-0.39, 0.29) is 17.7 Å². The first-order valence-corrected chi connectivity index (χ1v) is 7.01. The van der Waals surface area contributed by atoms with Crippen molar-refractivity contribution in [2.24, 2.45) is 0 Å². The molecule has 7 heteroatoms. The molecule has 1 N–H and O–H groups in total. The minimum absolute atomic E-state index is 0.150. The van der Waals surface area contributed by atoms with E-state index in [0.29, 0.717) is 12.2 Å². The van der Waals surface area contributed by atoms with Crippen LogP contribution in [0.25, 0.3) is 0 Å². The number of H-pyrrole nitrogens is 1. The number of nitrogens with one attached hydrogen (secondary N) is 1. The third-order valence-corrected chi connectivity index (χ3v) is 3.70. The van der Waals surface area contributed by atoms with E-state index >= 15 is 0 Å². The number of amides is 1. The first kappa shape index (κ1) is 13.5. The maximum atomic E-state index is 12.5. The Labute approximate surface area is 121 Å². The number of aromatic nitrogens is 3. The third-order valence-electron chi connectivity index (χ3n) is 3.70. The van der Waals surface area contributed by atoms with Gasteiger partial charge in [0, 0.05) is 24.5 Å². The molecule has 1 atom stereocenters. The highest BCUT2D eigenvalue weighted by atomic mass is 16.5. The third kappa shape index (κ3) is 2.58. The minimum atomic E-state index is -0.403. The summed E-state index contributed by atoms with van der Waals surface area (Å²) >= 11 is 0. The van der Waals surface area contributed by atoms with E-state index in [0.717, 1.165) is 25.0 Å². The Kier molecular flexibility index (Phi) is 3.55. The van der Waals surface area contributed by atoms with Crippen LogP contribution in [0.2, 0.25) is 0 Å². The summed E-state index contributed by atoms with van der Waals surface area (Å²) in [6.45, 7) is 2.59. The van der Waals surface area contributed by atoms with Crippen LogP contribution < -0.4 is 5.69 Å². The molecule has 0 aromatic carbocycles. The Bertz CT molecular complexity index is 706. The molecule has 0 spiro atoms. The minimum Gasteiger partial charge on any atom is -0.351 e. The highest BCUT2D eigenvalue weighted by Crippen LogP contribution is 2.31. The Morgan fingerprint density at radius 3 is 3.14 bits per heavy atom. The van der Waals surface area contributed by atoms with E-state index in [1.807, 2.05) is 6.92 Å². The highest BCUT2D eigenvalue weighted by Gasteiger charge is 2.33. The zero-order valence-corrected chi connectivity index (χ0v) is 11.7. The molecular weight excluding hydrogens is 272 g/mol. The van der Waals surface area contributed by atoms with Crippen LogP contribution in [0.1, 0.15) is 47.7 Å². The lowest BCUT2D eigenvalue weighted by Crippen LogP contribution is -2.31. The zero-order valence-electron chi connectivity index (χ0n) is 11.7. The lowest BCUT2D eigenvalue weighted by Gasteiger charge is -2.23. The molecule has 1 saturated heterocycles. The van der Waals surface area contributed by atoms with Crippen LogP contribution in [0.15, 0.2) is 27.6 Å². The van der Waals surface area contributed by atoms with Gasteiger partial charge in [0.05, 0.1) is 11.7 Å². The van der Waals surface area contributed by atoms with Crippen molar-refractivity contribution in [3.8, 4) is 0 Å². The molecule has 1 aliphatic rings. The topological polar surface area (TPSA) is 92.1 Å². The second-order valence-corrected chi connectivity index (χ2v) is 5.02. The van der Waals surface area contributed by atoms with Gasteiger partial charge in [0.2, 0.25) is 5.76 Å². The standard InChI is InChI=1S/C14H16N4O3/c1-2-9-8-12(21-17-9)13(19)18-7-3-4-11(18)10-5-6-15-14(20)16-10/h5-6,8,11H,2-4,7H2,1H3,(H,15,16,20)/t11-/m1/s1. The van der Waals surface area contributed by atoms with Gasteiger partial charge in [-0.05, 0) is 25.3 Å². The maximum Gasteiger partial charge on any atom is 0.345 e. The van der Waals surface area contributed by atoms with Crippen LogP contribution >= 0.6 is 0 Å². The van der Waals surface area contributed by atoms with Crippen molar-refractivity contribution < 1.29 is 9.32 Å². The van der Waals surface area contributed by atoms with E-state index < -0.39 is 5.69 Å². The lowest BCUT2D eigenvalue weighted by molar-refractivity contribution is 0.0690. The summed E-state index contributed by atoms with van der Waals surface area (Å²) in [5, 5.41) is 3.85. The Morgan fingerprint density at radius 2 is 2.43 bits per heavy atom. The van der Waals surface area contributed by atoms with Crippen molar-refractivity contribution in [3.05, 3.63) is 46.0 Å². The molecule has 110 valence electrons. The molecule has 0 aliphatic carbocycles. The second kappa shape index (κ2) is 5.51. The molecule has 0 saturated carbocycles. The summed E-state index contributed by atoms with van der Waals surface area (Å²) in [7, 11) is 0. The van der Waals surface area contributed by atoms with Gasteiger partial charge in [-0.1, -0.05) is 12.1 Å². The SMILES string of the molecule is CCc1cc(C(=O)N2CCC[C@@H]2c2ccnc(=O)[nH]2)on1. The Morgan fingerprint density at radius 1 is 1.57 bits per heavy atom. The fraction of sp³-hybridized carbons (Fsp3) is 0.429. The lowest BCUT2D eigenvalue weighted by atomic mass is 10.1. The summed E-state index contributed by atoms with van der Waals surface area (Å²) in [5.74, 6) is 0.0533. The molecule has 1 aliphatic heterocycles. The van der Waals surface area contributed by atoms with Crippen molar-refractivity contribution >= 4 is 5.91 Å². The van der Waals surface area contributed by atoms with Gasteiger partial charge < -0.3 is 14.4 Å². The Balaban J connectivity index is 1.86. The number of hydrogen-bond acceptors (Lipinski definition) is 5. The molecule has 2 aromatic heterocycles. The van der Waals surface area contributed by atoms with Gasteiger partial charge in [-0.15, -0.1) is 0 Å². The average Bonchev–Trinajstić information content (AvgIpc) is 3.15. The van der Waals surface area contributed by atoms with Gasteiger partial charge in [0.1, 0.15) is 0 Å². The van der Waals surface area contributed by atoms with Gasteiger partial charge >= 0.3 is 5.69 Å². The first-order chi connectivity index (χ1) is 10.2. The zero-order chi connectivity index (χ0) is 14.8. The average molecular weight is 288 g/mol. The number of aryl methyl sites for hydroxylation is 1. The van der Waals surface area contributed by atoms with E-state index in [9.17, 15) is 9.59 Å². The van der Waals surface area contributed by atoms with E-state index in [1.165, 1.54) is 6.20 Å².